The van der Waals surface area contributed by atoms with Gasteiger partial charge in [0.05, 0.1) is 4.92 Å². The summed E-state index contributed by atoms with van der Waals surface area (Å²) in [5.74, 6) is 0. The molecule has 0 aromatic heterocycles. The first-order valence-electron chi connectivity index (χ1n) is 6.73. The van der Waals surface area contributed by atoms with E-state index in [0.29, 0.717) is 19.0 Å². The molecule has 1 aromatic rings. The summed E-state index contributed by atoms with van der Waals surface area (Å²) < 4.78 is 0. The van der Waals surface area contributed by atoms with Gasteiger partial charge < -0.3 is 10.0 Å². The summed E-state index contributed by atoms with van der Waals surface area (Å²) in [5.41, 5.74) is 0.682. The van der Waals surface area contributed by atoms with Gasteiger partial charge in [-0.3, -0.25) is 10.1 Å². The third kappa shape index (κ3) is 2.89. The molecule has 1 aliphatic carbocycles. The normalized spacial score (nSPS) is 14.4. The Kier molecular flexibility index (Phi) is 4.53. The van der Waals surface area contributed by atoms with Crippen molar-refractivity contribution in [2.75, 3.05) is 18.1 Å². The maximum atomic E-state index is 11.0. The molecule has 6 nitrogen and oxygen atoms in total. The summed E-state index contributed by atoms with van der Waals surface area (Å²) in [6, 6.07) is 6.94. The second-order valence-corrected chi connectivity index (χ2v) is 4.93. The van der Waals surface area contributed by atoms with Crippen LogP contribution in [0, 0.1) is 21.4 Å². The third-order valence-corrected chi connectivity index (χ3v) is 3.70. The average Bonchev–Trinajstić information content (AvgIpc) is 2.40. The fraction of sp³-hybridized carbons (Fsp3) is 0.500. The average molecular weight is 275 g/mol. The Morgan fingerprint density at radius 3 is 2.75 bits per heavy atom. The van der Waals surface area contributed by atoms with Crippen LogP contribution in [0.3, 0.4) is 0 Å². The number of nitrogens with zero attached hydrogens (tertiary/aromatic N) is 3. The molecule has 0 bridgehead atoms. The van der Waals surface area contributed by atoms with Crippen LogP contribution in [0.1, 0.15) is 31.2 Å². The van der Waals surface area contributed by atoms with Crippen LogP contribution in [-0.2, 0) is 0 Å². The largest absolute Gasteiger partial charge is 0.396 e. The molecule has 2 rings (SSSR count). The lowest BCUT2D eigenvalue weighted by atomic mass is 9.90. The molecule has 1 saturated carbocycles. The maximum Gasteiger partial charge on any atom is 0.289 e. The first-order chi connectivity index (χ1) is 9.67. The lowest BCUT2D eigenvalue weighted by Gasteiger charge is -2.39. The number of benzene rings is 1. The minimum absolute atomic E-state index is 0.0782. The van der Waals surface area contributed by atoms with E-state index in [1.807, 2.05) is 6.07 Å². The first-order valence-corrected chi connectivity index (χ1v) is 6.73. The first kappa shape index (κ1) is 14.3. The maximum absolute atomic E-state index is 11.0. The molecule has 0 saturated heterocycles. The molecule has 0 atom stereocenters. The van der Waals surface area contributed by atoms with Crippen molar-refractivity contribution < 1.29 is 10.0 Å². The minimum Gasteiger partial charge on any atom is -0.396 e. The summed E-state index contributed by atoms with van der Waals surface area (Å²) in [7, 11) is 0. The van der Waals surface area contributed by atoms with Crippen LogP contribution in [0.4, 0.5) is 11.4 Å². The molecule has 0 unspecified atom stereocenters. The number of nitro groups is 1. The van der Waals surface area contributed by atoms with Crippen molar-refractivity contribution in [3.63, 3.8) is 0 Å². The van der Waals surface area contributed by atoms with E-state index in [-0.39, 0.29) is 17.9 Å². The van der Waals surface area contributed by atoms with E-state index in [0.717, 1.165) is 18.5 Å². The molecule has 106 valence electrons. The van der Waals surface area contributed by atoms with Gasteiger partial charge >= 0.3 is 0 Å². The fourth-order valence-corrected chi connectivity index (χ4v) is 2.41. The van der Waals surface area contributed by atoms with Gasteiger partial charge in [-0.05, 0) is 37.8 Å². The van der Waals surface area contributed by atoms with Crippen LogP contribution in [0.25, 0.3) is 0 Å². The molecular weight excluding hydrogens is 258 g/mol. The molecule has 1 aliphatic rings. The Morgan fingerprint density at radius 2 is 2.25 bits per heavy atom. The summed E-state index contributed by atoms with van der Waals surface area (Å²) >= 11 is 0. The van der Waals surface area contributed by atoms with Crippen LogP contribution in [0.2, 0.25) is 0 Å². The van der Waals surface area contributed by atoms with Gasteiger partial charge in [0.2, 0.25) is 0 Å². The van der Waals surface area contributed by atoms with Gasteiger partial charge in [0.1, 0.15) is 11.6 Å². The summed E-state index contributed by atoms with van der Waals surface area (Å²) in [5, 5.41) is 28.9. The Morgan fingerprint density at radius 1 is 1.50 bits per heavy atom. The summed E-state index contributed by atoms with van der Waals surface area (Å²) in [6.07, 6.45) is 3.93. The Labute approximate surface area is 117 Å². The van der Waals surface area contributed by atoms with Crippen LogP contribution in [-0.4, -0.2) is 29.2 Å². The predicted octanol–water partition coefficient (Wildman–Crippen LogP) is 2.21. The van der Waals surface area contributed by atoms with E-state index in [4.69, 9.17) is 10.4 Å². The monoisotopic (exact) mass is 275 g/mol. The number of anilines is 1. The second kappa shape index (κ2) is 6.35. The highest BCUT2D eigenvalue weighted by Crippen LogP contribution is 2.32. The number of nitro benzene ring substituents is 1. The molecule has 1 fully saturated rings. The fourth-order valence-electron chi connectivity index (χ4n) is 2.41. The molecule has 0 heterocycles. The number of aliphatic hydroxyl groups excluding tert-OH is 1. The molecule has 0 amide bonds. The Balaban J connectivity index is 2.30. The van der Waals surface area contributed by atoms with Crippen molar-refractivity contribution in [3.05, 3.63) is 33.9 Å². The van der Waals surface area contributed by atoms with Gasteiger partial charge in [-0.2, -0.15) is 5.26 Å². The van der Waals surface area contributed by atoms with Crippen LogP contribution in [0.5, 0.6) is 0 Å². The quantitative estimate of drug-likeness (QED) is 0.635. The zero-order chi connectivity index (χ0) is 14.5. The molecule has 0 aliphatic heterocycles. The molecule has 20 heavy (non-hydrogen) atoms. The molecule has 0 radical (unpaired) electrons. The molecule has 0 spiro atoms. The number of aliphatic hydroxyl groups is 1. The van der Waals surface area contributed by atoms with Crippen LogP contribution >= 0.6 is 0 Å². The van der Waals surface area contributed by atoms with Crippen molar-refractivity contribution in [2.24, 2.45) is 0 Å². The van der Waals surface area contributed by atoms with Crippen molar-refractivity contribution in [1.29, 1.82) is 5.26 Å². The predicted molar refractivity (Wildman–Crippen MR) is 74.5 cm³/mol. The lowest BCUT2D eigenvalue weighted by molar-refractivity contribution is -0.385. The highest BCUT2D eigenvalue weighted by Gasteiger charge is 2.26. The lowest BCUT2D eigenvalue weighted by Crippen LogP contribution is -2.41. The van der Waals surface area contributed by atoms with Crippen molar-refractivity contribution in [3.8, 4) is 6.07 Å². The number of rotatable bonds is 6. The van der Waals surface area contributed by atoms with Gasteiger partial charge in [0.25, 0.3) is 5.69 Å². The second-order valence-electron chi connectivity index (χ2n) is 4.93. The van der Waals surface area contributed by atoms with E-state index in [1.165, 1.54) is 18.6 Å². The Hall–Kier alpha value is -2.13. The van der Waals surface area contributed by atoms with Crippen molar-refractivity contribution >= 4 is 11.4 Å². The van der Waals surface area contributed by atoms with Crippen LogP contribution < -0.4 is 4.90 Å². The third-order valence-electron chi connectivity index (χ3n) is 3.70. The van der Waals surface area contributed by atoms with E-state index < -0.39 is 4.92 Å². The standard InChI is InChI=1S/C14H17N3O3/c15-10-11-5-6-13(9-14(11)17(19)20)16(7-2-8-18)12-3-1-4-12/h5-6,9,12,18H,1-4,7-8H2. The van der Waals surface area contributed by atoms with Gasteiger partial charge in [-0.15, -0.1) is 0 Å². The van der Waals surface area contributed by atoms with E-state index in [9.17, 15) is 10.1 Å². The van der Waals surface area contributed by atoms with E-state index in [2.05, 4.69) is 4.90 Å². The Bertz CT molecular complexity index is 535. The molecular formula is C14H17N3O3. The van der Waals surface area contributed by atoms with Crippen LogP contribution in [0.15, 0.2) is 18.2 Å². The molecule has 1 aromatic carbocycles. The van der Waals surface area contributed by atoms with Crippen molar-refractivity contribution in [2.45, 2.75) is 31.7 Å². The minimum atomic E-state index is -0.521. The van der Waals surface area contributed by atoms with E-state index in [1.54, 1.807) is 6.07 Å². The van der Waals surface area contributed by atoms with E-state index >= 15 is 0 Å². The van der Waals surface area contributed by atoms with Gasteiger partial charge in [-0.1, -0.05) is 0 Å². The smallest absolute Gasteiger partial charge is 0.289 e. The van der Waals surface area contributed by atoms with Crippen molar-refractivity contribution in [1.82, 2.24) is 0 Å². The zero-order valence-corrected chi connectivity index (χ0v) is 11.2. The number of hydrogen-bond donors (Lipinski definition) is 1. The molecule has 6 heteroatoms. The highest BCUT2D eigenvalue weighted by atomic mass is 16.6. The van der Waals surface area contributed by atoms with Gasteiger partial charge in [-0.25, -0.2) is 0 Å². The van der Waals surface area contributed by atoms with Gasteiger partial charge in [0, 0.05) is 30.9 Å². The topological polar surface area (TPSA) is 90.4 Å². The number of hydrogen-bond acceptors (Lipinski definition) is 5. The zero-order valence-electron chi connectivity index (χ0n) is 11.2. The molecule has 1 N–H and O–H groups in total. The number of nitriles is 1. The SMILES string of the molecule is N#Cc1ccc(N(CCCO)C2CCC2)cc1[N+](=O)[O-]. The summed E-state index contributed by atoms with van der Waals surface area (Å²) in [4.78, 5) is 12.6. The van der Waals surface area contributed by atoms with Gasteiger partial charge in [0.15, 0.2) is 0 Å². The summed E-state index contributed by atoms with van der Waals surface area (Å²) in [6.45, 7) is 0.770. The highest BCUT2D eigenvalue weighted by molar-refractivity contribution is 5.60.